The second-order valence-corrected chi connectivity index (χ2v) is 4.14. The van der Waals surface area contributed by atoms with Crippen LogP contribution in [0.15, 0.2) is 30.6 Å². The van der Waals surface area contributed by atoms with E-state index in [0.717, 1.165) is 18.2 Å². The Hall–Kier alpha value is -2.08. The van der Waals surface area contributed by atoms with E-state index in [1.807, 2.05) is 6.92 Å². The maximum atomic E-state index is 13.9. The molecule has 1 aromatic heterocycles. The van der Waals surface area contributed by atoms with Gasteiger partial charge in [0.15, 0.2) is 0 Å². The van der Waals surface area contributed by atoms with Crippen molar-refractivity contribution in [1.82, 2.24) is 15.3 Å². The van der Waals surface area contributed by atoms with Gasteiger partial charge in [-0.05, 0) is 24.7 Å². The van der Waals surface area contributed by atoms with Crippen molar-refractivity contribution in [2.45, 2.75) is 13.0 Å². The molecule has 0 aliphatic heterocycles. The molecule has 6 heteroatoms. The van der Waals surface area contributed by atoms with Gasteiger partial charge in [0, 0.05) is 11.6 Å². The molecular formula is C14H15F2N3O. The number of halogens is 2. The fourth-order valence-electron chi connectivity index (χ4n) is 1.94. The molecule has 2 aromatic rings. The van der Waals surface area contributed by atoms with Gasteiger partial charge in [-0.15, -0.1) is 0 Å². The molecule has 1 unspecified atom stereocenters. The van der Waals surface area contributed by atoms with E-state index < -0.39 is 17.7 Å². The SMILES string of the molecule is CCNC(c1cc(OC)ncn1)c1cc(F)ccc1F. The van der Waals surface area contributed by atoms with Crippen molar-refractivity contribution in [2.75, 3.05) is 13.7 Å². The first-order chi connectivity index (χ1) is 9.65. The van der Waals surface area contributed by atoms with E-state index in [-0.39, 0.29) is 5.56 Å². The van der Waals surface area contributed by atoms with Crippen LogP contribution in [0.4, 0.5) is 8.78 Å². The smallest absolute Gasteiger partial charge is 0.216 e. The van der Waals surface area contributed by atoms with Crippen molar-refractivity contribution in [2.24, 2.45) is 0 Å². The van der Waals surface area contributed by atoms with Gasteiger partial charge in [-0.25, -0.2) is 18.7 Å². The Balaban J connectivity index is 2.46. The van der Waals surface area contributed by atoms with Crippen LogP contribution in [0, 0.1) is 11.6 Å². The minimum Gasteiger partial charge on any atom is -0.481 e. The predicted octanol–water partition coefficient (Wildman–Crippen LogP) is 2.46. The van der Waals surface area contributed by atoms with Crippen molar-refractivity contribution in [3.63, 3.8) is 0 Å². The third-order valence-corrected chi connectivity index (χ3v) is 2.85. The first-order valence-electron chi connectivity index (χ1n) is 6.20. The highest BCUT2D eigenvalue weighted by molar-refractivity contribution is 5.31. The first-order valence-corrected chi connectivity index (χ1v) is 6.20. The van der Waals surface area contributed by atoms with E-state index in [0.29, 0.717) is 18.1 Å². The summed E-state index contributed by atoms with van der Waals surface area (Å²) in [5, 5.41) is 3.08. The van der Waals surface area contributed by atoms with Crippen LogP contribution in [0.1, 0.15) is 24.2 Å². The molecule has 0 radical (unpaired) electrons. The Kier molecular flexibility index (Phi) is 4.57. The molecule has 4 nitrogen and oxygen atoms in total. The Bertz CT molecular complexity index is 592. The monoisotopic (exact) mass is 279 g/mol. The largest absolute Gasteiger partial charge is 0.481 e. The van der Waals surface area contributed by atoms with Crippen molar-refractivity contribution in [1.29, 1.82) is 0 Å². The van der Waals surface area contributed by atoms with Crippen LogP contribution in [0.25, 0.3) is 0 Å². The van der Waals surface area contributed by atoms with Gasteiger partial charge in [0.05, 0.1) is 18.8 Å². The van der Waals surface area contributed by atoms with E-state index in [9.17, 15) is 8.78 Å². The van der Waals surface area contributed by atoms with Crippen molar-refractivity contribution in [3.05, 3.63) is 53.5 Å². The normalized spacial score (nSPS) is 12.2. The molecule has 0 bridgehead atoms. The van der Waals surface area contributed by atoms with Crippen LogP contribution in [-0.4, -0.2) is 23.6 Å². The van der Waals surface area contributed by atoms with Gasteiger partial charge in [0.1, 0.15) is 18.0 Å². The molecule has 106 valence electrons. The highest BCUT2D eigenvalue weighted by Crippen LogP contribution is 2.25. The topological polar surface area (TPSA) is 47.0 Å². The third kappa shape index (κ3) is 3.08. The second-order valence-electron chi connectivity index (χ2n) is 4.14. The molecule has 20 heavy (non-hydrogen) atoms. The van der Waals surface area contributed by atoms with E-state index in [1.54, 1.807) is 6.07 Å². The lowest BCUT2D eigenvalue weighted by Crippen LogP contribution is -2.24. The van der Waals surface area contributed by atoms with E-state index in [2.05, 4.69) is 15.3 Å². The lowest BCUT2D eigenvalue weighted by Gasteiger charge is -2.18. The minimum absolute atomic E-state index is 0.201. The molecule has 0 aliphatic carbocycles. The molecule has 0 aliphatic rings. The minimum atomic E-state index is -0.562. The summed E-state index contributed by atoms with van der Waals surface area (Å²) < 4.78 is 32.3. The number of ether oxygens (including phenoxy) is 1. The van der Waals surface area contributed by atoms with Crippen LogP contribution < -0.4 is 10.1 Å². The van der Waals surface area contributed by atoms with Gasteiger partial charge in [-0.3, -0.25) is 0 Å². The molecule has 1 N–H and O–H groups in total. The number of hydrogen-bond acceptors (Lipinski definition) is 4. The van der Waals surface area contributed by atoms with Crippen molar-refractivity contribution < 1.29 is 13.5 Å². The quantitative estimate of drug-likeness (QED) is 0.913. The zero-order valence-corrected chi connectivity index (χ0v) is 11.2. The summed E-state index contributed by atoms with van der Waals surface area (Å²) in [6.45, 7) is 2.45. The fourth-order valence-corrected chi connectivity index (χ4v) is 1.94. The Morgan fingerprint density at radius 3 is 2.75 bits per heavy atom. The summed E-state index contributed by atoms with van der Waals surface area (Å²) in [4.78, 5) is 8.02. The van der Waals surface area contributed by atoms with Crippen LogP contribution in [0.5, 0.6) is 5.88 Å². The number of aromatic nitrogens is 2. The summed E-state index contributed by atoms with van der Waals surface area (Å²) >= 11 is 0. The summed E-state index contributed by atoms with van der Waals surface area (Å²) in [5.74, 6) is -0.616. The van der Waals surface area contributed by atoms with E-state index in [1.165, 1.54) is 13.4 Å². The van der Waals surface area contributed by atoms with Gasteiger partial charge in [0.2, 0.25) is 5.88 Å². The van der Waals surface area contributed by atoms with E-state index >= 15 is 0 Å². The third-order valence-electron chi connectivity index (χ3n) is 2.85. The molecule has 0 spiro atoms. The number of hydrogen-bond donors (Lipinski definition) is 1. The molecule has 0 amide bonds. The Labute approximate surface area is 115 Å². The number of nitrogens with zero attached hydrogens (tertiary/aromatic N) is 2. The number of methoxy groups -OCH3 is 1. The summed E-state index contributed by atoms with van der Waals surface area (Å²) in [6.07, 6.45) is 1.33. The van der Waals surface area contributed by atoms with E-state index in [4.69, 9.17) is 4.74 Å². The lowest BCUT2D eigenvalue weighted by atomic mass is 10.0. The highest BCUT2D eigenvalue weighted by Gasteiger charge is 2.19. The number of rotatable bonds is 5. The summed E-state index contributed by atoms with van der Waals surface area (Å²) in [6, 6.07) is 4.39. The van der Waals surface area contributed by atoms with Gasteiger partial charge in [-0.1, -0.05) is 6.92 Å². The molecule has 1 heterocycles. The molecule has 0 fully saturated rings. The van der Waals surface area contributed by atoms with Crippen molar-refractivity contribution >= 4 is 0 Å². The predicted molar refractivity (Wildman–Crippen MR) is 70.5 cm³/mol. The average Bonchev–Trinajstić information content (AvgIpc) is 2.47. The van der Waals surface area contributed by atoms with Crippen molar-refractivity contribution in [3.8, 4) is 5.88 Å². The molecule has 0 saturated carbocycles. The van der Waals surface area contributed by atoms with Crippen LogP contribution in [-0.2, 0) is 0 Å². The molecular weight excluding hydrogens is 264 g/mol. The Morgan fingerprint density at radius 1 is 1.25 bits per heavy atom. The lowest BCUT2D eigenvalue weighted by molar-refractivity contribution is 0.394. The maximum Gasteiger partial charge on any atom is 0.216 e. The summed E-state index contributed by atoms with van der Waals surface area (Å²) in [7, 11) is 1.48. The zero-order valence-electron chi connectivity index (χ0n) is 11.2. The second kappa shape index (κ2) is 6.38. The van der Waals surface area contributed by atoms with Crippen LogP contribution in [0.2, 0.25) is 0 Å². The summed E-state index contributed by atoms with van der Waals surface area (Å²) in [5.41, 5.74) is 0.718. The fraction of sp³-hybridized carbons (Fsp3) is 0.286. The first kappa shape index (κ1) is 14.3. The van der Waals surface area contributed by atoms with Gasteiger partial charge in [-0.2, -0.15) is 0 Å². The van der Waals surface area contributed by atoms with Crippen LogP contribution >= 0.6 is 0 Å². The molecule has 0 saturated heterocycles. The number of benzene rings is 1. The Morgan fingerprint density at radius 2 is 2.05 bits per heavy atom. The zero-order chi connectivity index (χ0) is 14.5. The standard InChI is InChI=1S/C14H15F2N3O/c1-3-17-14(10-6-9(15)4-5-11(10)16)12-7-13(20-2)19-8-18-12/h4-8,14,17H,3H2,1-2H3. The van der Waals surface area contributed by atoms with Gasteiger partial charge < -0.3 is 10.1 Å². The average molecular weight is 279 g/mol. The molecule has 2 rings (SSSR count). The molecule has 1 aromatic carbocycles. The van der Waals surface area contributed by atoms with Gasteiger partial charge in [0.25, 0.3) is 0 Å². The molecule has 1 atom stereocenters. The maximum absolute atomic E-state index is 13.9. The van der Waals surface area contributed by atoms with Gasteiger partial charge >= 0.3 is 0 Å². The highest BCUT2D eigenvalue weighted by atomic mass is 19.1. The van der Waals surface area contributed by atoms with Crippen LogP contribution in [0.3, 0.4) is 0 Å². The number of nitrogens with one attached hydrogen (secondary N) is 1.